The minimum Gasteiger partial charge on any atom is -0.307 e. The zero-order valence-electron chi connectivity index (χ0n) is 11.5. The molecule has 0 radical (unpaired) electrons. The number of carbonyl (C=O) groups is 1. The summed E-state index contributed by atoms with van der Waals surface area (Å²) in [6.45, 7) is 4.10. The van der Waals surface area contributed by atoms with Crippen molar-refractivity contribution >= 4 is 17.4 Å². The minimum atomic E-state index is -0.459. The van der Waals surface area contributed by atoms with Crippen LogP contribution in [-0.2, 0) is 0 Å². The number of rotatable bonds is 3. The van der Waals surface area contributed by atoms with Gasteiger partial charge in [0.05, 0.1) is 5.69 Å². The first kappa shape index (κ1) is 14.1. The third-order valence-corrected chi connectivity index (χ3v) is 2.95. The van der Waals surface area contributed by atoms with E-state index in [1.165, 1.54) is 12.1 Å². The predicted molar refractivity (Wildman–Crippen MR) is 79.6 cm³/mol. The van der Waals surface area contributed by atoms with Gasteiger partial charge in [0.2, 0.25) is 0 Å². The molecule has 0 spiro atoms. The number of halogens is 1. The maximum absolute atomic E-state index is 13.5. The third-order valence-electron chi connectivity index (χ3n) is 2.95. The van der Waals surface area contributed by atoms with E-state index in [-0.39, 0.29) is 5.69 Å². The molecule has 4 heteroatoms. The number of urea groups is 1. The maximum Gasteiger partial charge on any atom is 0.323 e. The summed E-state index contributed by atoms with van der Waals surface area (Å²) in [6.07, 6.45) is 0. The monoisotopic (exact) mass is 272 g/mol. The van der Waals surface area contributed by atoms with Gasteiger partial charge in [0.15, 0.2) is 0 Å². The second-order valence-corrected chi connectivity index (χ2v) is 4.80. The summed E-state index contributed by atoms with van der Waals surface area (Å²) in [7, 11) is 0. The summed E-state index contributed by atoms with van der Waals surface area (Å²) < 4.78 is 13.5. The van der Waals surface area contributed by atoms with Crippen LogP contribution in [0.25, 0.3) is 0 Å². The standard InChI is InChI=1S/C16H17FN2O/c1-11(2)12-7-3-5-9-14(12)18-16(20)19-15-10-6-4-8-13(15)17/h3-11H,1-2H3,(H2,18,19,20). The van der Waals surface area contributed by atoms with E-state index in [0.29, 0.717) is 5.92 Å². The molecule has 0 atom stereocenters. The highest BCUT2D eigenvalue weighted by molar-refractivity contribution is 6.00. The molecule has 0 saturated carbocycles. The fraction of sp³-hybridized carbons (Fsp3) is 0.188. The van der Waals surface area contributed by atoms with Crippen molar-refractivity contribution < 1.29 is 9.18 Å². The average Bonchev–Trinajstić information content (AvgIpc) is 2.41. The largest absolute Gasteiger partial charge is 0.323 e. The van der Waals surface area contributed by atoms with Crippen molar-refractivity contribution in [2.75, 3.05) is 10.6 Å². The molecule has 104 valence electrons. The van der Waals surface area contributed by atoms with Gasteiger partial charge >= 0.3 is 6.03 Å². The molecule has 2 aromatic carbocycles. The van der Waals surface area contributed by atoms with Crippen molar-refractivity contribution in [3.8, 4) is 0 Å². The topological polar surface area (TPSA) is 41.1 Å². The minimum absolute atomic E-state index is 0.159. The molecule has 0 aliphatic rings. The normalized spacial score (nSPS) is 10.4. The van der Waals surface area contributed by atoms with E-state index in [2.05, 4.69) is 24.5 Å². The van der Waals surface area contributed by atoms with Crippen LogP contribution >= 0.6 is 0 Å². The zero-order valence-corrected chi connectivity index (χ0v) is 11.5. The van der Waals surface area contributed by atoms with E-state index in [1.54, 1.807) is 12.1 Å². The van der Waals surface area contributed by atoms with Gasteiger partial charge in [-0.15, -0.1) is 0 Å². The SMILES string of the molecule is CC(C)c1ccccc1NC(=O)Nc1ccccc1F. The van der Waals surface area contributed by atoms with Gasteiger partial charge in [0.25, 0.3) is 0 Å². The van der Waals surface area contributed by atoms with Gasteiger partial charge in [0.1, 0.15) is 5.82 Å². The lowest BCUT2D eigenvalue weighted by Gasteiger charge is -2.14. The predicted octanol–water partition coefficient (Wildman–Crippen LogP) is 4.59. The molecule has 0 unspecified atom stereocenters. The molecule has 2 rings (SSSR count). The van der Waals surface area contributed by atoms with Crippen LogP contribution in [0.15, 0.2) is 48.5 Å². The van der Waals surface area contributed by atoms with Crippen molar-refractivity contribution in [3.05, 3.63) is 59.9 Å². The number of para-hydroxylation sites is 2. The first-order valence-electron chi connectivity index (χ1n) is 6.49. The molecular weight excluding hydrogens is 255 g/mol. The first-order chi connectivity index (χ1) is 9.58. The van der Waals surface area contributed by atoms with E-state index in [4.69, 9.17) is 0 Å². The summed E-state index contributed by atoms with van der Waals surface area (Å²) in [5.74, 6) is -0.167. The summed E-state index contributed by atoms with van der Waals surface area (Å²) >= 11 is 0. The van der Waals surface area contributed by atoms with Gasteiger partial charge in [-0.2, -0.15) is 0 Å². The quantitative estimate of drug-likeness (QED) is 0.842. The lowest BCUT2D eigenvalue weighted by Crippen LogP contribution is -2.21. The molecule has 0 aromatic heterocycles. The van der Waals surface area contributed by atoms with Gasteiger partial charge in [-0.1, -0.05) is 44.2 Å². The van der Waals surface area contributed by atoms with E-state index < -0.39 is 11.8 Å². The van der Waals surface area contributed by atoms with Gasteiger partial charge < -0.3 is 10.6 Å². The maximum atomic E-state index is 13.5. The van der Waals surface area contributed by atoms with Crippen molar-refractivity contribution in [2.24, 2.45) is 0 Å². The van der Waals surface area contributed by atoms with Gasteiger partial charge in [-0.3, -0.25) is 0 Å². The van der Waals surface area contributed by atoms with Crippen LogP contribution in [0.4, 0.5) is 20.6 Å². The Kier molecular flexibility index (Phi) is 4.35. The van der Waals surface area contributed by atoms with Crippen molar-refractivity contribution in [3.63, 3.8) is 0 Å². The molecule has 2 N–H and O–H groups in total. The Labute approximate surface area is 117 Å². The Balaban J connectivity index is 2.11. The second-order valence-electron chi connectivity index (χ2n) is 4.80. The second kappa shape index (κ2) is 6.19. The highest BCUT2D eigenvalue weighted by Gasteiger charge is 2.10. The van der Waals surface area contributed by atoms with Crippen molar-refractivity contribution in [1.82, 2.24) is 0 Å². The fourth-order valence-corrected chi connectivity index (χ4v) is 1.95. The fourth-order valence-electron chi connectivity index (χ4n) is 1.95. The summed E-state index contributed by atoms with van der Waals surface area (Å²) in [6, 6.07) is 13.2. The smallest absolute Gasteiger partial charge is 0.307 e. The van der Waals surface area contributed by atoms with Crippen LogP contribution in [0.3, 0.4) is 0 Å². The van der Waals surface area contributed by atoms with Crippen LogP contribution in [0, 0.1) is 5.82 Å². The van der Waals surface area contributed by atoms with Gasteiger partial charge in [-0.05, 0) is 29.7 Å². The lowest BCUT2D eigenvalue weighted by molar-refractivity contribution is 0.262. The summed E-state index contributed by atoms with van der Waals surface area (Å²) in [5, 5.41) is 5.25. The summed E-state index contributed by atoms with van der Waals surface area (Å²) in [4.78, 5) is 11.9. The number of amides is 2. The number of carbonyl (C=O) groups excluding carboxylic acids is 1. The van der Waals surface area contributed by atoms with Crippen LogP contribution in [0.2, 0.25) is 0 Å². The van der Waals surface area contributed by atoms with Gasteiger partial charge in [0, 0.05) is 5.69 Å². The van der Waals surface area contributed by atoms with Crippen LogP contribution in [0.1, 0.15) is 25.3 Å². The molecule has 2 aromatic rings. The Morgan fingerprint density at radius 2 is 1.50 bits per heavy atom. The Bertz CT molecular complexity index is 611. The summed E-state index contributed by atoms with van der Waals surface area (Å²) in [5.41, 5.74) is 1.93. The number of nitrogens with one attached hydrogen (secondary N) is 2. The third kappa shape index (κ3) is 3.35. The highest BCUT2D eigenvalue weighted by atomic mass is 19.1. The van der Waals surface area contributed by atoms with E-state index >= 15 is 0 Å². The van der Waals surface area contributed by atoms with Crippen molar-refractivity contribution in [2.45, 2.75) is 19.8 Å². The zero-order chi connectivity index (χ0) is 14.5. The molecule has 2 amide bonds. The van der Waals surface area contributed by atoms with Gasteiger partial charge in [-0.25, -0.2) is 9.18 Å². The van der Waals surface area contributed by atoms with Crippen molar-refractivity contribution in [1.29, 1.82) is 0 Å². The molecular formula is C16H17FN2O. The number of anilines is 2. The molecule has 0 saturated heterocycles. The Morgan fingerprint density at radius 3 is 2.15 bits per heavy atom. The molecule has 3 nitrogen and oxygen atoms in total. The Hall–Kier alpha value is -2.36. The van der Waals surface area contributed by atoms with Crippen LogP contribution < -0.4 is 10.6 Å². The first-order valence-corrected chi connectivity index (χ1v) is 6.49. The molecule has 0 fully saturated rings. The molecule has 0 aliphatic heterocycles. The number of hydrogen-bond donors (Lipinski definition) is 2. The molecule has 20 heavy (non-hydrogen) atoms. The number of hydrogen-bond acceptors (Lipinski definition) is 1. The van der Waals surface area contributed by atoms with Crippen LogP contribution in [-0.4, -0.2) is 6.03 Å². The number of benzene rings is 2. The Morgan fingerprint density at radius 1 is 0.950 bits per heavy atom. The van der Waals surface area contributed by atoms with E-state index in [9.17, 15) is 9.18 Å². The average molecular weight is 272 g/mol. The van der Waals surface area contributed by atoms with E-state index in [0.717, 1.165) is 11.3 Å². The molecule has 0 aliphatic carbocycles. The highest BCUT2D eigenvalue weighted by Crippen LogP contribution is 2.24. The molecule has 0 bridgehead atoms. The molecule has 0 heterocycles. The lowest BCUT2D eigenvalue weighted by atomic mass is 10.0. The van der Waals surface area contributed by atoms with E-state index in [1.807, 2.05) is 24.3 Å². The van der Waals surface area contributed by atoms with Crippen LogP contribution in [0.5, 0.6) is 0 Å².